The number of ketones is 1. The third-order valence-electron chi connectivity index (χ3n) is 4.14. The number of carbonyl (C=O) groups excluding carboxylic acids is 1. The van der Waals surface area contributed by atoms with Gasteiger partial charge in [-0.1, -0.05) is 32.0 Å². The molecule has 1 aromatic heterocycles. The van der Waals surface area contributed by atoms with Crippen LogP contribution in [0.1, 0.15) is 36.1 Å². The number of carbonyl (C=O) groups is 1. The number of nitrogens with zero attached hydrogens (tertiary/aromatic N) is 1. The van der Waals surface area contributed by atoms with Crippen LogP contribution in [0.3, 0.4) is 0 Å². The molecule has 149 valence electrons. The van der Waals surface area contributed by atoms with E-state index in [1.165, 1.54) is 42.0 Å². The number of allylic oxidation sites excluding steroid dienone is 2. The van der Waals surface area contributed by atoms with Crippen molar-refractivity contribution in [1.29, 1.82) is 0 Å². The fraction of sp³-hybridized carbons (Fsp3) is 0.250. The van der Waals surface area contributed by atoms with E-state index in [-0.39, 0.29) is 31.6 Å². The van der Waals surface area contributed by atoms with Gasteiger partial charge < -0.3 is 5.11 Å². The average molecular weight is 553 g/mol. The Bertz CT molecular complexity index is 1020. The summed E-state index contributed by atoms with van der Waals surface area (Å²) in [6, 6.07) is 16.3. The van der Waals surface area contributed by atoms with E-state index in [1.54, 1.807) is 0 Å². The van der Waals surface area contributed by atoms with Crippen LogP contribution < -0.4 is 0 Å². The molecule has 0 aliphatic carbocycles. The first-order valence-corrected chi connectivity index (χ1v) is 8.93. The molecule has 0 aliphatic rings. The molecule has 3 rings (SSSR count). The standard InChI is InChI=1S/C19H18N.C5H8O2.Ir/c1-12-5-7-14(3)17(9-12)19-11-15(4)16-8-6-13(2)10-18(16)20-19;1-4(6)3-5(2)7;/h5-8,10-11H,1-4H3;3,6H,1-2H3;/q-1;;/b;4-3-;. The second-order valence-electron chi connectivity index (χ2n) is 6.94. The number of fused-ring (bicyclic) bond motifs is 1. The van der Waals surface area contributed by atoms with Crippen LogP contribution in [0.15, 0.2) is 48.2 Å². The van der Waals surface area contributed by atoms with Crippen molar-refractivity contribution >= 4 is 16.7 Å². The Labute approximate surface area is 180 Å². The average Bonchev–Trinajstić information content (AvgIpc) is 2.55. The van der Waals surface area contributed by atoms with Crippen LogP contribution in [0.25, 0.3) is 22.2 Å². The molecule has 0 unspecified atom stereocenters. The van der Waals surface area contributed by atoms with Crippen LogP contribution in [0, 0.1) is 33.8 Å². The molecule has 1 heterocycles. The minimum Gasteiger partial charge on any atom is -0.512 e. The molecule has 0 spiro atoms. The van der Waals surface area contributed by atoms with Crippen molar-refractivity contribution in [2.24, 2.45) is 0 Å². The maximum Gasteiger partial charge on any atom is 0.155 e. The molecule has 0 saturated heterocycles. The summed E-state index contributed by atoms with van der Waals surface area (Å²) in [5, 5.41) is 9.59. The zero-order valence-electron chi connectivity index (χ0n) is 17.2. The van der Waals surface area contributed by atoms with Crippen LogP contribution in [0.4, 0.5) is 0 Å². The number of benzene rings is 2. The fourth-order valence-corrected chi connectivity index (χ4v) is 2.87. The Balaban J connectivity index is 0.000000425. The SMILES string of the molecule is CC(=O)/C=C(/C)O.Cc1[c-]c(-c2cc(C)c3ccc(C)cc3n2)c(C)cc1.[Ir]. The van der Waals surface area contributed by atoms with Crippen LogP contribution in [-0.4, -0.2) is 15.9 Å². The Hall–Kier alpha value is -2.29. The molecule has 1 N–H and O–H groups in total. The van der Waals surface area contributed by atoms with Crippen molar-refractivity contribution in [2.45, 2.75) is 41.5 Å². The van der Waals surface area contributed by atoms with Gasteiger partial charge in [-0.25, -0.2) is 0 Å². The summed E-state index contributed by atoms with van der Waals surface area (Å²) in [6.07, 6.45) is 1.17. The summed E-state index contributed by atoms with van der Waals surface area (Å²) < 4.78 is 0. The smallest absolute Gasteiger partial charge is 0.155 e. The van der Waals surface area contributed by atoms with Crippen molar-refractivity contribution < 1.29 is 30.0 Å². The Kier molecular flexibility index (Phi) is 8.74. The molecule has 4 heteroatoms. The van der Waals surface area contributed by atoms with Gasteiger partial charge in [-0.05, 0) is 50.6 Å². The molecule has 3 nitrogen and oxygen atoms in total. The Morgan fingerprint density at radius 2 is 1.68 bits per heavy atom. The largest absolute Gasteiger partial charge is 0.512 e. The number of hydrogen-bond acceptors (Lipinski definition) is 3. The summed E-state index contributed by atoms with van der Waals surface area (Å²) in [6.45, 7) is 11.3. The monoisotopic (exact) mass is 553 g/mol. The number of pyridine rings is 1. The molecule has 0 fully saturated rings. The fourth-order valence-electron chi connectivity index (χ4n) is 2.87. The van der Waals surface area contributed by atoms with E-state index >= 15 is 0 Å². The van der Waals surface area contributed by atoms with Gasteiger partial charge in [-0.3, -0.25) is 9.78 Å². The summed E-state index contributed by atoms with van der Waals surface area (Å²) in [5.74, 6) is -0.0625. The topological polar surface area (TPSA) is 50.2 Å². The van der Waals surface area contributed by atoms with Crippen molar-refractivity contribution in [2.75, 3.05) is 0 Å². The molecular weight excluding hydrogens is 526 g/mol. The first-order valence-electron chi connectivity index (χ1n) is 8.93. The van der Waals surface area contributed by atoms with Gasteiger partial charge >= 0.3 is 0 Å². The Morgan fingerprint density at radius 3 is 2.25 bits per heavy atom. The van der Waals surface area contributed by atoms with E-state index in [9.17, 15) is 4.79 Å². The number of aliphatic hydroxyl groups is 1. The van der Waals surface area contributed by atoms with E-state index in [4.69, 9.17) is 10.1 Å². The van der Waals surface area contributed by atoms with Gasteiger partial charge in [-0.15, -0.1) is 34.9 Å². The summed E-state index contributed by atoms with van der Waals surface area (Å²) >= 11 is 0. The van der Waals surface area contributed by atoms with E-state index in [0.717, 1.165) is 22.3 Å². The maximum atomic E-state index is 10.0. The maximum absolute atomic E-state index is 10.0. The summed E-state index contributed by atoms with van der Waals surface area (Å²) in [4.78, 5) is 14.9. The minimum atomic E-state index is -0.125. The van der Waals surface area contributed by atoms with Gasteiger partial charge in [0.1, 0.15) is 0 Å². The molecule has 0 amide bonds. The number of aryl methyl sites for hydroxylation is 4. The normalized spacial score (nSPS) is 10.7. The molecule has 1 radical (unpaired) electrons. The number of aromatic nitrogens is 1. The predicted octanol–water partition coefficient (Wildman–Crippen LogP) is 5.97. The van der Waals surface area contributed by atoms with Crippen molar-refractivity contribution in [3.8, 4) is 11.3 Å². The van der Waals surface area contributed by atoms with Gasteiger partial charge in [0.15, 0.2) is 5.78 Å². The quantitative estimate of drug-likeness (QED) is 0.242. The second-order valence-corrected chi connectivity index (χ2v) is 6.94. The van der Waals surface area contributed by atoms with Gasteiger partial charge in [0.05, 0.1) is 11.3 Å². The summed E-state index contributed by atoms with van der Waals surface area (Å²) in [7, 11) is 0. The molecule has 28 heavy (non-hydrogen) atoms. The zero-order valence-corrected chi connectivity index (χ0v) is 19.6. The summed E-state index contributed by atoms with van der Waals surface area (Å²) in [5.41, 5.74) is 8.06. The van der Waals surface area contributed by atoms with E-state index < -0.39 is 0 Å². The van der Waals surface area contributed by atoms with E-state index in [1.807, 2.05) is 0 Å². The zero-order chi connectivity index (χ0) is 20.1. The molecule has 3 aromatic rings. The number of aliphatic hydroxyl groups excluding tert-OH is 1. The number of hydrogen-bond donors (Lipinski definition) is 1. The van der Waals surface area contributed by atoms with Crippen molar-refractivity contribution in [1.82, 2.24) is 4.98 Å². The van der Waals surface area contributed by atoms with Crippen LogP contribution >= 0.6 is 0 Å². The second kappa shape index (κ2) is 10.3. The van der Waals surface area contributed by atoms with Gasteiger partial charge in [0, 0.05) is 31.6 Å². The van der Waals surface area contributed by atoms with Crippen LogP contribution in [-0.2, 0) is 24.9 Å². The first-order chi connectivity index (χ1) is 12.7. The number of rotatable bonds is 2. The van der Waals surface area contributed by atoms with Crippen molar-refractivity contribution in [3.63, 3.8) is 0 Å². The third kappa shape index (κ3) is 6.40. The molecule has 0 atom stereocenters. The molecule has 0 aliphatic heterocycles. The van der Waals surface area contributed by atoms with Crippen LogP contribution in [0.5, 0.6) is 0 Å². The van der Waals surface area contributed by atoms with Crippen molar-refractivity contribution in [3.05, 3.63) is 76.6 Å². The van der Waals surface area contributed by atoms with Gasteiger partial charge in [0.25, 0.3) is 0 Å². The third-order valence-corrected chi connectivity index (χ3v) is 4.14. The minimum absolute atomic E-state index is 0. The molecule has 0 saturated carbocycles. The van der Waals surface area contributed by atoms with E-state index in [2.05, 4.69) is 70.2 Å². The molecular formula is C24H26IrNO2-. The van der Waals surface area contributed by atoms with Gasteiger partial charge in [0.2, 0.25) is 0 Å². The Morgan fingerprint density at radius 1 is 1.00 bits per heavy atom. The predicted molar refractivity (Wildman–Crippen MR) is 112 cm³/mol. The van der Waals surface area contributed by atoms with Crippen LogP contribution in [0.2, 0.25) is 0 Å². The molecule has 2 aromatic carbocycles. The van der Waals surface area contributed by atoms with Gasteiger partial charge in [-0.2, -0.15) is 0 Å². The molecule has 0 bridgehead atoms. The first kappa shape index (κ1) is 23.7. The van der Waals surface area contributed by atoms with E-state index in [0.29, 0.717) is 0 Å².